The number of nitrogens with zero attached hydrogens (tertiary/aromatic N) is 1. The largest absolute Gasteiger partial charge is 0.497 e. The summed E-state index contributed by atoms with van der Waals surface area (Å²) in [5.74, 6) is 1.98. The van der Waals surface area contributed by atoms with E-state index >= 15 is 0 Å². The zero-order valence-electron chi connectivity index (χ0n) is 14.5. The van der Waals surface area contributed by atoms with Crippen molar-refractivity contribution in [3.05, 3.63) is 53.7 Å². The first-order valence-electron chi connectivity index (χ1n) is 8.19. The van der Waals surface area contributed by atoms with Crippen LogP contribution >= 0.6 is 0 Å². The number of ether oxygens (including phenoxy) is 1. The van der Waals surface area contributed by atoms with Crippen molar-refractivity contribution in [2.45, 2.75) is 20.3 Å². The monoisotopic (exact) mass is 327 g/mol. The normalized spacial score (nSPS) is 10.5. The maximum atomic E-state index is 12.3. The highest BCUT2D eigenvalue weighted by atomic mass is 16.5. The van der Waals surface area contributed by atoms with Gasteiger partial charge in [0.25, 0.3) is 5.91 Å². The number of hydrogen-bond donors (Lipinski definition) is 2. The van der Waals surface area contributed by atoms with Crippen LogP contribution in [-0.2, 0) is 6.42 Å². The summed E-state index contributed by atoms with van der Waals surface area (Å²) in [6, 6.07) is 11.4. The smallest absolute Gasteiger partial charge is 0.251 e. The van der Waals surface area contributed by atoms with Gasteiger partial charge in [-0.3, -0.25) is 4.79 Å². The molecule has 0 saturated heterocycles. The Kier molecular flexibility index (Phi) is 6.61. The Hall–Kier alpha value is -2.56. The highest BCUT2D eigenvalue weighted by molar-refractivity contribution is 5.94. The molecule has 0 saturated carbocycles. The van der Waals surface area contributed by atoms with E-state index in [-0.39, 0.29) is 5.91 Å². The summed E-state index contributed by atoms with van der Waals surface area (Å²) >= 11 is 0. The summed E-state index contributed by atoms with van der Waals surface area (Å²) in [6.45, 7) is 5.65. The Morgan fingerprint density at radius 1 is 1.25 bits per heavy atom. The van der Waals surface area contributed by atoms with Gasteiger partial charge in [-0.15, -0.1) is 0 Å². The second-order valence-corrected chi connectivity index (χ2v) is 6.06. The number of pyridine rings is 1. The number of methoxy groups -OCH3 is 1. The van der Waals surface area contributed by atoms with Gasteiger partial charge in [-0.25, -0.2) is 4.98 Å². The van der Waals surface area contributed by atoms with Crippen molar-refractivity contribution in [3.63, 3.8) is 0 Å². The number of hydrogen-bond acceptors (Lipinski definition) is 4. The number of aromatic nitrogens is 1. The van der Waals surface area contributed by atoms with E-state index < -0.39 is 0 Å². The lowest BCUT2D eigenvalue weighted by atomic mass is 10.1. The third-order valence-electron chi connectivity index (χ3n) is 3.55. The minimum atomic E-state index is -0.0899. The molecule has 5 heteroatoms. The number of benzene rings is 1. The number of carbonyl (C=O) groups excluding carboxylic acids is 1. The van der Waals surface area contributed by atoms with E-state index in [4.69, 9.17) is 4.74 Å². The van der Waals surface area contributed by atoms with Gasteiger partial charge in [0.05, 0.1) is 7.11 Å². The molecule has 0 radical (unpaired) electrons. The Bertz CT molecular complexity index is 671. The van der Waals surface area contributed by atoms with Crippen molar-refractivity contribution >= 4 is 11.7 Å². The van der Waals surface area contributed by atoms with Crippen LogP contribution in [0, 0.1) is 5.92 Å². The van der Waals surface area contributed by atoms with E-state index in [0.29, 0.717) is 18.0 Å². The van der Waals surface area contributed by atoms with E-state index in [1.807, 2.05) is 24.3 Å². The van der Waals surface area contributed by atoms with E-state index in [1.54, 1.807) is 25.4 Å². The number of carbonyl (C=O) groups is 1. The quantitative estimate of drug-likeness (QED) is 0.782. The van der Waals surface area contributed by atoms with Gasteiger partial charge in [-0.2, -0.15) is 0 Å². The standard InChI is InChI=1S/C19H25N3O2/c1-14(2)13-22-18-12-16(8-10-20-18)19(23)21-9-7-15-5-4-6-17(11-15)24-3/h4-6,8,10-12,14H,7,9,13H2,1-3H3,(H,20,22)(H,21,23). The van der Waals surface area contributed by atoms with Crippen molar-refractivity contribution in [2.75, 3.05) is 25.5 Å². The fourth-order valence-electron chi connectivity index (χ4n) is 2.23. The van der Waals surface area contributed by atoms with Crippen LogP contribution in [-0.4, -0.2) is 31.1 Å². The van der Waals surface area contributed by atoms with Crippen LogP contribution in [0.2, 0.25) is 0 Å². The van der Waals surface area contributed by atoms with Gasteiger partial charge in [-0.05, 0) is 42.2 Å². The summed E-state index contributed by atoms with van der Waals surface area (Å²) in [6.07, 6.45) is 2.41. The average Bonchev–Trinajstić information content (AvgIpc) is 2.60. The molecule has 2 aromatic rings. The Labute approximate surface area is 143 Å². The first-order valence-corrected chi connectivity index (χ1v) is 8.19. The molecule has 0 atom stereocenters. The molecule has 1 amide bonds. The van der Waals surface area contributed by atoms with Crippen LogP contribution in [0.25, 0.3) is 0 Å². The minimum Gasteiger partial charge on any atom is -0.497 e. The van der Waals surface area contributed by atoms with Crippen LogP contribution in [0.4, 0.5) is 5.82 Å². The van der Waals surface area contributed by atoms with Crippen molar-refractivity contribution in [1.82, 2.24) is 10.3 Å². The molecule has 0 unspecified atom stereocenters. The predicted octanol–water partition coefficient (Wildman–Crippen LogP) is 3.13. The van der Waals surface area contributed by atoms with Crippen molar-refractivity contribution < 1.29 is 9.53 Å². The lowest BCUT2D eigenvalue weighted by molar-refractivity contribution is 0.0954. The first-order chi connectivity index (χ1) is 11.6. The zero-order valence-corrected chi connectivity index (χ0v) is 14.5. The molecule has 1 heterocycles. The van der Waals surface area contributed by atoms with Gasteiger partial charge in [0, 0.05) is 24.8 Å². The van der Waals surface area contributed by atoms with Crippen LogP contribution in [0.15, 0.2) is 42.6 Å². The predicted molar refractivity (Wildman–Crippen MR) is 96.6 cm³/mol. The third kappa shape index (κ3) is 5.57. The van der Waals surface area contributed by atoms with Crippen LogP contribution < -0.4 is 15.4 Å². The molecule has 24 heavy (non-hydrogen) atoms. The molecule has 0 bridgehead atoms. The summed E-state index contributed by atoms with van der Waals surface area (Å²) in [5, 5.41) is 6.17. The van der Waals surface area contributed by atoms with Crippen LogP contribution in [0.1, 0.15) is 29.8 Å². The lowest BCUT2D eigenvalue weighted by Crippen LogP contribution is -2.25. The summed E-state index contributed by atoms with van der Waals surface area (Å²) in [5.41, 5.74) is 1.74. The van der Waals surface area contributed by atoms with Gasteiger partial charge < -0.3 is 15.4 Å². The van der Waals surface area contributed by atoms with E-state index in [2.05, 4.69) is 29.5 Å². The zero-order chi connectivity index (χ0) is 17.4. The van der Waals surface area contributed by atoms with Gasteiger partial charge in [0.2, 0.25) is 0 Å². The molecular weight excluding hydrogens is 302 g/mol. The molecule has 2 rings (SSSR count). The number of nitrogens with one attached hydrogen (secondary N) is 2. The number of anilines is 1. The molecule has 5 nitrogen and oxygen atoms in total. The second kappa shape index (κ2) is 8.91. The van der Waals surface area contributed by atoms with Gasteiger partial charge in [0.15, 0.2) is 0 Å². The number of amides is 1. The lowest BCUT2D eigenvalue weighted by Gasteiger charge is -2.10. The highest BCUT2D eigenvalue weighted by Gasteiger charge is 2.07. The van der Waals surface area contributed by atoms with Crippen molar-refractivity contribution in [1.29, 1.82) is 0 Å². The SMILES string of the molecule is COc1cccc(CCNC(=O)c2ccnc(NCC(C)C)c2)c1. The molecule has 0 aliphatic carbocycles. The Morgan fingerprint density at radius 2 is 2.08 bits per heavy atom. The molecule has 2 N–H and O–H groups in total. The van der Waals surface area contributed by atoms with Gasteiger partial charge in [0.1, 0.15) is 11.6 Å². The summed E-state index contributed by atoms with van der Waals surface area (Å²) in [7, 11) is 1.65. The molecular formula is C19H25N3O2. The van der Waals surface area contributed by atoms with Crippen LogP contribution in [0.5, 0.6) is 5.75 Å². The maximum Gasteiger partial charge on any atom is 0.251 e. The maximum absolute atomic E-state index is 12.3. The second-order valence-electron chi connectivity index (χ2n) is 6.06. The summed E-state index contributed by atoms with van der Waals surface area (Å²) in [4.78, 5) is 16.5. The van der Waals surface area contributed by atoms with E-state index in [9.17, 15) is 4.79 Å². The summed E-state index contributed by atoms with van der Waals surface area (Å²) < 4.78 is 5.20. The van der Waals surface area contributed by atoms with Gasteiger partial charge in [-0.1, -0.05) is 26.0 Å². The molecule has 0 spiro atoms. The highest BCUT2D eigenvalue weighted by Crippen LogP contribution is 2.13. The van der Waals surface area contributed by atoms with Crippen molar-refractivity contribution in [3.8, 4) is 5.75 Å². The fourth-order valence-corrected chi connectivity index (χ4v) is 2.23. The molecule has 0 aliphatic rings. The van der Waals surface area contributed by atoms with Crippen LogP contribution in [0.3, 0.4) is 0 Å². The minimum absolute atomic E-state index is 0.0899. The molecule has 0 aliphatic heterocycles. The van der Waals surface area contributed by atoms with E-state index in [0.717, 1.165) is 30.1 Å². The average molecular weight is 327 g/mol. The Balaban J connectivity index is 1.86. The molecule has 1 aromatic heterocycles. The molecule has 128 valence electrons. The third-order valence-corrected chi connectivity index (χ3v) is 3.55. The first kappa shape index (κ1) is 17.8. The van der Waals surface area contributed by atoms with Crippen molar-refractivity contribution in [2.24, 2.45) is 5.92 Å². The topological polar surface area (TPSA) is 63.2 Å². The fraction of sp³-hybridized carbons (Fsp3) is 0.368. The van der Waals surface area contributed by atoms with Gasteiger partial charge >= 0.3 is 0 Å². The number of rotatable bonds is 8. The van der Waals surface area contributed by atoms with E-state index in [1.165, 1.54) is 0 Å². The molecule has 1 aromatic carbocycles. The Morgan fingerprint density at radius 3 is 2.83 bits per heavy atom. The molecule has 0 fully saturated rings.